The average Bonchev–Trinajstić information content (AvgIpc) is 2.90. The van der Waals surface area contributed by atoms with Crippen LogP contribution < -0.4 is 0 Å². The molecule has 1 unspecified atom stereocenters. The molecule has 0 bridgehead atoms. The molecule has 22 heavy (non-hydrogen) atoms. The first-order valence-corrected chi connectivity index (χ1v) is 8.16. The maximum atomic E-state index is 13.4. The highest BCUT2D eigenvalue weighted by molar-refractivity contribution is 7.18. The summed E-state index contributed by atoms with van der Waals surface area (Å²) >= 11 is 1.48. The largest absolute Gasteiger partial charge is 0.386 e. The molecule has 4 rings (SSSR count). The van der Waals surface area contributed by atoms with Crippen LogP contribution in [0.15, 0.2) is 42.6 Å². The van der Waals surface area contributed by atoms with Crippen LogP contribution in [0.2, 0.25) is 0 Å². The van der Waals surface area contributed by atoms with E-state index in [9.17, 15) is 9.50 Å². The van der Waals surface area contributed by atoms with Gasteiger partial charge in [-0.25, -0.2) is 9.37 Å². The van der Waals surface area contributed by atoms with Crippen LogP contribution in [0.4, 0.5) is 4.39 Å². The van der Waals surface area contributed by atoms with Gasteiger partial charge in [-0.1, -0.05) is 12.5 Å². The van der Waals surface area contributed by atoms with E-state index in [1.165, 1.54) is 23.5 Å². The summed E-state index contributed by atoms with van der Waals surface area (Å²) in [7, 11) is 0. The first-order valence-electron chi connectivity index (χ1n) is 7.35. The van der Waals surface area contributed by atoms with Crippen molar-refractivity contribution in [2.24, 2.45) is 0 Å². The van der Waals surface area contributed by atoms with Crippen molar-refractivity contribution in [1.82, 2.24) is 9.97 Å². The number of aliphatic hydroxyl groups is 1. The highest BCUT2D eigenvalue weighted by atomic mass is 32.1. The van der Waals surface area contributed by atoms with Gasteiger partial charge in [-0.05, 0) is 43.2 Å². The van der Waals surface area contributed by atoms with Gasteiger partial charge < -0.3 is 5.11 Å². The summed E-state index contributed by atoms with van der Waals surface area (Å²) < 4.78 is 14.2. The van der Waals surface area contributed by atoms with Gasteiger partial charge >= 0.3 is 0 Å². The first kappa shape index (κ1) is 13.8. The van der Waals surface area contributed by atoms with Gasteiger partial charge in [0.15, 0.2) is 0 Å². The molecule has 2 heterocycles. The van der Waals surface area contributed by atoms with Crippen LogP contribution >= 0.6 is 11.3 Å². The zero-order valence-electron chi connectivity index (χ0n) is 11.9. The molecule has 3 aromatic rings. The number of benzene rings is 1. The summed E-state index contributed by atoms with van der Waals surface area (Å²) in [6.07, 6.45) is 3.85. The SMILES string of the molecule is OC(c1ccccn1)C1(c2nc3ccc(F)cc3s2)CCC1. The summed E-state index contributed by atoms with van der Waals surface area (Å²) in [6, 6.07) is 10.2. The maximum absolute atomic E-state index is 13.4. The van der Waals surface area contributed by atoms with Crippen LogP contribution in [0.25, 0.3) is 10.2 Å². The molecule has 0 radical (unpaired) electrons. The van der Waals surface area contributed by atoms with Gasteiger partial charge in [0.25, 0.3) is 0 Å². The molecular weight excluding hydrogens is 299 g/mol. The van der Waals surface area contributed by atoms with Gasteiger partial charge in [-0.3, -0.25) is 4.98 Å². The summed E-state index contributed by atoms with van der Waals surface area (Å²) in [5, 5.41) is 11.7. The third kappa shape index (κ3) is 2.04. The third-order valence-corrected chi connectivity index (χ3v) is 5.75. The van der Waals surface area contributed by atoms with Gasteiger partial charge in [-0.15, -0.1) is 11.3 Å². The average molecular weight is 314 g/mol. The highest BCUT2D eigenvalue weighted by Gasteiger charge is 2.48. The second-order valence-corrected chi connectivity index (χ2v) is 6.83. The Labute approximate surface area is 131 Å². The standard InChI is InChI=1S/C17H15FN2OS/c18-11-5-6-12-14(10-11)22-16(20-12)17(7-3-8-17)15(21)13-4-1-2-9-19-13/h1-2,4-6,9-10,15,21H,3,7-8H2. The maximum Gasteiger partial charge on any atom is 0.124 e. The Morgan fingerprint density at radius 1 is 1.23 bits per heavy atom. The van der Waals surface area contributed by atoms with E-state index < -0.39 is 6.10 Å². The summed E-state index contributed by atoms with van der Waals surface area (Å²) in [5.74, 6) is -0.254. The smallest absolute Gasteiger partial charge is 0.124 e. The molecular formula is C17H15FN2OS. The van der Waals surface area contributed by atoms with E-state index in [-0.39, 0.29) is 11.2 Å². The van der Waals surface area contributed by atoms with E-state index in [4.69, 9.17) is 0 Å². The summed E-state index contributed by atoms with van der Waals surface area (Å²) in [4.78, 5) is 8.95. The molecule has 1 atom stereocenters. The number of rotatable bonds is 3. The number of nitrogens with zero attached hydrogens (tertiary/aromatic N) is 2. The minimum Gasteiger partial charge on any atom is -0.386 e. The molecule has 1 aliphatic carbocycles. The van der Waals surface area contributed by atoms with Gasteiger partial charge in [0, 0.05) is 6.20 Å². The van der Waals surface area contributed by atoms with Crippen molar-refractivity contribution >= 4 is 21.6 Å². The lowest BCUT2D eigenvalue weighted by atomic mass is 9.64. The lowest BCUT2D eigenvalue weighted by Crippen LogP contribution is -2.40. The van der Waals surface area contributed by atoms with E-state index in [0.29, 0.717) is 5.69 Å². The Hall–Kier alpha value is -1.85. The number of aromatic nitrogens is 2. The Kier molecular flexibility index (Phi) is 3.20. The van der Waals surface area contributed by atoms with Crippen molar-refractivity contribution in [2.75, 3.05) is 0 Å². The molecule has 2 aromatic heterocycles. The topological polar surface area (TPSA) is 46.0 Å². The molecule has 0 aliphatic heterocycles. The van der Waals surface area contributed by atoms with Crippen molar-refractivity contribution in [3.05, 3.63) is 59.1 Å². The quantitative estimate of drug-likeness (QED) is 0.795. The number of aliphatic hydroxyl groups excluding tert-OH is 1. The molecule has 5 heteroatoms. The molecule has 1 aromatic carbocycles. The molecule has 1 aliphatic rings. The highest BCUT2D eigenvalue weighted by Crippen LogP contribution is 2.53. The van der Waals surface area contributed by atoms with Gasteiger partial charge in [0.2, 0.25) is 0 Å². The van der Waals surface area contributed by atoms with Crippen LogP contribution in [-0.2, 0) is 5.41 Å². The number of fused-ring (bicyclic) bond motifs is 1. The summed E-state index contributed by atoms with van der Waals surface area (Å²) in [5.41, 5.74) is 1.09. The Balaban J connectivity index is 1.79. The van der Waals surface area contributed by atoms with Crippen molar-refractivity contribution < 1.29 is 9.50 Å². The summed E-state index contributed by atoms with van der Waals surface area (Å²) in [6.45, 7) is 0. The van der Waals surface area contributed by atoms with Gasteiger partial charge in [-0.2, -0.15) is 0 Å². The predicted molar refractivity (Wildman–Crippen MR) is 84.3 cm³/mol. The Bertz CT molecular complexity index is 814. The monoisotopic (exact) mass is 314 g/mol. The number of pyridine rings is 1. The number of thiazole rings is 1. The van der Waals surface area contributed by atoms with Crippen LogP contribution in [0.3, 0.4) is 0 Å². The Morgan fingerprint density at radius 2 is 2.09 bits per heavy atom. The van der Waals surface area contributed by atoms with E-state index in [1.54, 1.807) is 12.3 Å². The predicted octanol–water partition coefficient (Wildman–Crippen LogP) is 3.99. The number of hydrogen-bond donors (Lipinski definition) is 1. The molecule has 112 valence electrons. The van der Waals surface area contributed by atoms with Gasteiger partial charge in [0.05, 0.1) is 21.3 Å². The van der Waals surface area contributed by atoms with E-state index >= 15 is 0 Å². The molecule has 0 amide bonds. The fraction of sp³-hybridized carbons (Fsp3) is 0.294. The zero-order valence-corrected chi connectivity index (χ0v) is 12.7. The minimum atomic E-state index is -0.673. The van der Waals surface area contributed by atoms with Crippen LogP contribution in [-0.4, -0.2) is 15.1 Å². The van der Waals surface area contributed by atoms with Gasteiger partial charge in [0.1, 0.15) is 16.9 Å². The number of halogens is 1. The van der Waals surface area contributed by atoms with Crippen LogP contribution in [0, 0.1) is 5.82 Å². The third-order valence-electron chi connectivity index (χ3n) is 4.51. The molecule has 1 fully saturated rings. The lowest BCUT2D eigenvalue weighted by Gasteiger charge is -2.43. The zero-order chi connectivity index (χ0) is 15.2. The van der Waals surface area contributed by atoms with E-state index in [1.807, 2.05) is 18.2 Å². The number of hydrogen-bond acceptors (Lipinski definition) is 4. The fourth-order valence-electron chi connectivity index (χ4n) is 3.09. The van der Waals surface area contributed by atoms with E-state index in [2.05, 4.69) is 9.97 Å². The van der Waals surface area contributed by atoms with Crippen molar-refractivity contribution in [3.63, 3.8) is 0 Å². The first-order chi connectivity index (χ1) is 10.7. The van der Waals surface area contributed by atoms with E-state index in [0.717, 1.165) is 34.5 Å². The minimum absolute atomic E-state index is 0.254. The fourth-order valence-corrected chi connectivity index (χ4v) is 4.36. The molecule has 1 saturated carbocycles. The molecule has 0 saturated heterocycles. The lowest BCUT2D eigenvalue weighted by molar-refractivity contribution is 0.0238. The van der Waals surface area contributed by atoms with Crippen LogP contribution in [0.5, 0.6) is 0 Å². The molecule has 1 N–H and O–H groups in total. The second kappa shape index (κ2) is 5.11. The Morgan fingerprint density at radius 3 is 2.77 bits per heavy atom. The normalized spacial score (nSPS) is 18.1. The molecule has 3 nitrogen and oxygen atoms in total. The van der Waals surface area contributed by atoms with Crippen molar-refractivity contribution in [2.45, 2.75) is 30.8 Å². The van der Waals surface area contributed by atoms with Crippen LogP contribution in [0.1, 0.15) is 36.1 Å². The van der Waals surface area contributed by atoms with Crippen molar-refractivity contribution in [3.8, 4) is 0 Å². The molecule has 0 spiro atoms. The second-order valence-electron chi connectivity index (χ2n) is 5.80. The van der Waals surface area contributed by atoms with Crippen molar-refractivity contribution in [1.29, 1.82) is 0 Å².